The lowest BCUT2D eigenvalue weighted by atomic mass is 9.96. The van der Waals surface area contributed by atoms with Crippen LogP contribution in [0.15, 0.2) is 91.0 Å². The minimum absolute atomic E-state index is 0.0590. The molecule has 3 amide bonds. The number of ether oxygens (including phenoxy) is 2. The topological polar surface area (TPSA) is 184 Å². The van der Waals surface area contributed by atoms with Gasteiger partial charge in [-0.25, -0.2) is 9.59 Å². The highest BCUT2D eigenvalue weighted by molar-refractivity contribution is 5.85. The smallest absolute Gasteiger partial charge is 0.411 e. The van der Waals surface area contributed by atoms with Crippen molar-refractivity contribution in [3.05, 3.63) is 108 Å². The predicted octanol–water partition coefficient (Wildman–Crippen LogP) is 2.92. The van der Waals surface area contributed by atoms with Crippen molar-refractivity contribution in [1.29, 1.82) is 0 Å². The van der Waals surface area contributed by atoms with Crippen LogP contribution in [0.2, 0.25) is 0 Å². The summed E-state index contributed by atoms with van der Waals surface area (Å²) in [7, 11) is 0. The Hall–Kier alpha value is -4.49. The van der Waals surface area contributed by atoms with Crippen molar-refractivity contribution in [2.75, 3.05) is 13.1 Å². The van der Waals surface area contributed by atoms with Crippen LogP contribution in [0.25, 0.3) is 0 Å². The third-order valence-corrected chi connectivity index (χ3v) is 7.73. The summed E-state index contributed by atoms with van der Waals surface area (Å²) in [5.74, 6) is -0.975. The van der Waals surface area contributed by atoms with E-state index in [1.165, 1.54) is 6.92 Å². The lowest BCUT2D eigenvalue weighted by Crippen LogP contribution is -2.62. The number of alkyl carbamates (subject to hydrolysis) is 1. The number of nitrogens with two attached hydrogens (primary N) is 1. The van der Waals surface area contributed by atoms with E-state index in [0.717, 1.165) is 16.0 Å². The SMILES string of the molecule is C[C@@H](O)[C@@H](C(N)=O)N(C(=O)OCc1ccccc1)[C@H](Cc1ccccc1)C(O)CNCC(O)C(Cc1ccccc1)NC(=O)OC(C)(C)C. The molecule has 3 rings (SSSR count). The molecule has 49 heavy (non-hydrogen) atoms. The third-order valence-electron chi connectivity index (χ3n) is 7.73. The number of carbonyl (C=O) groups excluding carboxylic acids is 3. The summed E-state index contributed by atoms with van der Waals surface area (Å²) in [5.41, 5.74) is 7.28. The van der Waals surface area contributed by atoms with Crippen molar-refractivity contribution in [2.45, 2.75) is 89.2 Å². The molecule has 12 nitrogen and oxygen atoms in total. The van der Waals surface area contributed by atoms with E-state index in [4.69, 9.17) is 15.2 Å². The van der Waals surface area contributed by atoms with E-state index in [0.29, 0.717) is 12.0 Å². The zero-order chi connectivity index (χ0) is 36.0. The molecule has 12 heteroatoms. The third kappa shape index (κ3) is 13.1. The number of amides is 3. The number of nitrogens with one attached hydrogen (secondary N) is 2. The molecule has 0 aliphatic heterocycles. The second-order valence-corrected chi connectivity index (χ2v) is 13.0. The van der Waals surface area contributed by atoms with Crippen molar-refractivity contribution in [3.8, 4) is 0 Å². The normalized spacial score (nSPS) is 15.2. The molecule has 0 aliphatic carbocycles. The van der Waals surface area contributed by atoms with Crippen molar-refractivity contribution >= 4 is 18.1 Å². The van der Waals surface area contributed by atoms with Crippen molar-refractivity contribution < 1.29 is 39.2 Å². The molecule has 7 N–H and O–H groups in total. The van der Waals surface area contributed by atoms with Crippen LogP contribution in [0.1, 0.15) is 44.4 Å². The van der Waals surface area contributed by atoms with E-state index in [-0.39, 0.29) is 26.1 Å². The van der Waals surface area contributed by atoms with Gasteiger partial charge < -0.3 is 41.2 Å². The fraction of sp³-hybridized carbons (Fsp3) is 0.432. The maximum Gasteiger partial charge on any atom is 0.411 e. The Morgan fingerprint density at radius 3 is 1.76 bits per heavy atom. The molecule has 3 aromatic carbocycles. The van der Waals surface area contributed by atoms with Gasteiger partial charge in [-0.15, -0.1) is 0 Å². The Morgan fingerprint density at radius 1 is 0.776 bits per heavy atom. The first-order valence-corrected chi connectivity index (χ1v) is 16.4. The number of rotatable bonds is 17. The summed E-state index contributed by atoms with van der Waals surface area (Å²) in [6.07, 6.45) is -5.08. The summed E-state index contributed by atoms with van der Waals surface area (Å²) < 4.78 is 11.0. The molecule has 266 valence electrons. The van der Waals surface area contributed by atoms with Gasteiger partial charge in [0.15, 0.2) is 0 Å². The molecule has 0 spiro atoms. The molecular weight excluding hydrogens is 628 g/mol. The zero-order valence-corrected chi connectivity index (χ0v) is 28.6. The molecule has 0 aromatic heterocycles. The largest absolute Gasteiger partial charge is 0.445 e. The molecule has 3 unspecified atom stereocenters. The van der Waals surface area contributed by atoms with Crippen molar-refractivity contribution in [1.82, 2.24) is 15.5 Å². The predicted molar refractivity (Wildman–Crippen MR) is 185 cm³/mol. The van der Waals surface area contributed by atoms with Crippen LogP contribution in [-0.2, 0) is 33.7 Å². The average Bonchev–Trinajstić information content (AvgIpc) is 3.05. The minimum Gasteiger partial charge on any atom is -0.445 e. The van der Waals surface area contributed by atoms with Crippen LogP contribution in [-0.4, -0.2) is 93.4 Å². The van der Waals surface area contributed by atoms with Gasteiger partial charge in [-0.2, -0.15) is 0 Å². The number of carbonyl (C=O) groups is 3. The van der Waals surface area contributed by atoms with Gasteiger partial charge in [0.1, 0.15) is 18.2 Å². The second-order valence-electron chi connectivity index (χ2n) is 13.0. The van der Waals surface area contributed by atoms with Gasteiger partial charge in [0, 0.05) is 13.1 Å². The summed E-state index contributed by atoms with van der Waals surface area (Å²) in [6.45, 7) is 6.23. The molecule has 0 bridgehead atoms. The fourth-order valence-corrected chi connectivity index (χ4v) is 5.40. The van der Waals surface area contributed by atoms with Crippen molar-refractivity contribution in [3.63, 3.8) is 0 Å². The van der Waals surface area contributed by atoms with Gasteiger partial charge in [0.2, 0.25) is 5.91 Å². The minimum atomic E-state index is -1.52. The first-order chi connectivity index (χ1) is 23.2. The average molecular weight is 679 g/mol. The van der Waals surface area contributed by atoms with Gasteiger partial charge >= 0.3 is 12.2 Å². The van der Waals surface area contributed by atoms with Crippen LogP contribution in [0.3, 0.4) is 0 Å². The number of primary amides is 1. The number of aliphatic hydroxyl groups excluding tert-OH is 3. The maximum absolute atomic E-state index is 13.7. The summed E-state index contributed by atoms with van der Waals surface area (Å²) in [6, 6.07) is 24.0. The lowest BCUT2D eigenvalue weighted by molar-refractivity contribution is -0.129. The van der Waals surface area contributed by atoms with Crippen LogP contribution >= 0.6 is 0 Å². The monoisotopic (exact) mass is 678 g/mol. The van der Waals surface area contributed by atoms with Gasteiger partial charge in [-0.3, -0.25) is 9.69 Å². The Bertz CT molecular complexity index is 1440. The van der Waals surface area contributed by atoms with Crippen LogP contribution in [0.4, 0.5) is 9.59 Å². The zero-order valence-electron chi connectivity index (χ0n) is 28.6. The summed E-state index contributed by atoms with van der Waals surface area (Å²) in [4.78, 5) is 40.1. The Morgan fingerprint density at radius 2 is 1.27 bits per heavy atom. The highest BCUT2D eigenvalue weighted by Crippen LogP contribution is 2.21. The molecular formula is C37H50N4O8. The first kappa shape index (κ1) is 39.0. The molecule has 0 fully saturated rings. The van der Waals surface area contributed by atoms with E-state index in [9.17, 15) is 29.7 Å². The Labute approximate surface area is 288 Å². The van der Waals surface area contributed by atoms with Crippen LogP contribution in [0, 0.1) is 0 Å². The van der Waals surface area contributed by atoms with E-state index in [1.807, 2.05) is 54.6 Å². The van der Waals surface area contributed by atoms with E-state index >= 15 is 0 Å². The fourth-order valence-electron chi connectivity index (χ4n) is 5.40. The molecule has 0 saturated carbocycles. The van der Waals surface area contributed by atoms with E-state index in [2.05, 4.69) is 10.6 Å². The van der Waals surface area contributed by atoms with E-state index in [1.54, 1.807) is 57.2 Å². The Kier molecular flexibility index (Phi) is 15.0. The number of aliphatic hydroxyl groups is 3. The van der Waals surface area contributed by atoms with Gasteiger partial charge in [0.05, 0.1) is 30.4 Å². The lowest BCUT2D eigenvalue weighted by Gasteiger charge is -2.39. The van der Waals surface area contributed by atoms with E-state index < -0.39 is 60.1 Å². The quantitative estimate of drug-likeness (QED) is 0.125. The standard InChI is InChI=1S/C37H50N4O8/c1-25(42)33(34(38)45)41(36(47)48-24-28-18-12-7-13-19-28)30(21-27-16-10-6-11-17-27)32(44)23-39-22-31(43)29(20-26-14-8-5-9-15-26)40-35(46)49-37(2,3)4/h5-19,25,29-33,39,42-44H,20-24H2,1-4H3,(H2,38,45)(H,40,46)/t25-,29?,30-,31?,32?,33+/m1/s1. The van der Waals surface area contributed by atoms with Crippen LogP contribution < -0.4 is 16.4 Å². The Balaban J connectivity index is 1.83. The number of nitrogens with zero attached hydrogens (tertiary/aromatic N) is 1. The molecule has 0 heterocycles. The van der Waals surface area contributed by atoms with Crippen LogP contribution in [0.5, 0.6) is 0 Å². The first-order valence-electron chi connectivity index (χ1n) is 16.4. The number of hydrogen-bond donors (Lipinski definition) is 6. The maximum atomic E-state index is 13.7. The molecule has 0 radical (unpaired) electrons. The molecule has 0 saturated heterocycles. The van der Waals surface area contributed by atoms with Gasteiger partial charge in [0.25, 0.3) is 0 Å². The van der Waals surface area contributed by atoms with Gasteiger partial charge in [-0.05, 0) is 57.2 Å². The highest BCUT2D eigenvalue weighted by atomic mass is 16.6. The number of benzene rings is 3. The molecule has 0 aliphatic rings. The molecule has 3 aromatic rings. The number of hydrogen-bond acceptors (Lipinski definition) is 9. The highest BCUT2D eigenvalue weighted by Gasteiger charge is 2.41. The van der Waals surface area contributed by atoms with Crippen molar-refractivity contribution in [2.24, 2.45) is 5.73 Å². The summed E-state index contributed by atoms with van der Waals surface area (Å²) >= 11 is 0. The van der Waals surface area contributed by atoms with Gasteiger partial charge in [-0.1, -0.05) is 91.0 Å². The second kappa shape index (κ2) is 18.9. The summed E-state index contributed by atoms with van der Waals surface area (Å²) in [5, 5.41) is 39.3. The molecule has 6 atom stereocenters.